The van der Waals surface area contributed by atoms with E-state index in [0.717, 1.165) is 19.4 Å². The second kappa shape index (κ2) is 6.76. The van der Waals surface area contributed by atoms with Crippen LogP contribution in [0.25, 0.3) is 0 Å². The fourth-order valence-corrected chi connectivity index (χ4v) is 2.76. The van der Waals surface area contributed by atoms with Crippen molar-refractivity contribution in [2.45, 2.75) is 12.8 Å². The fourth-order valence-electron chi connectivity index (χ4n) is 2.76. The van der Waals surface area contributed by atoms with Crippen LogP contribution in [-0.2, 0) is 9.47 Å². The number of piperidine rings is 1. The molecule has 1 fully saturated rings. The summed E-state index contributed by atoms with van der Waals surface area (Å²) in [6.07, 6.45) is 2.02. The predicted octanol–water partition coefficient (Wildman–Crippen LogP) is 2.06. The van der Waals surface area contributed by atoms with Crippen molar-refractivity contribution in [3.8, 4) is 0 Å². The number of hydrogen-bond acceptors (Lipinski definition) is 5. The molecule has 5 nitrogen and oxygen atoms in total. The average molecular weight is 296 g/mol. The first-order valence-corrected chi connectivity index (χ1v) is 6.98. The number of nitrogen functional groups attached to an aromatic ring is 1. The van der Waals surface area contributed by atoms with Crippen LogP contribution in [0.2, 0.25) is 0 Å². The Morgan fingerprint density at radius 1 is 1.48 bits per heavy atom. The maximum atomic E-state index is 14.2. The molecule has 0 radical (unpaired) electrons. The summed E-state index contributed by atoms with van der Waals surface area (Å²) in [6, 6.07) is 2.66. The van der Waals surface area contributed by atoms with Crippen LogP contribution >= 0.6 is 0 Å². The van der Waals surface area contributed by atoms with Gasteiger partial charge in [-0.1, -0.05) is 0 Å². The van der Waals surface area contributed by atoms with Gasteiger partial charge in [-0.2, -0.15) is 0 Å². The van der Waals surface area contributed by atoms with Crippen molar-refractivity contribution in [3.63, 3.8) is 0 Å². The SMILES string of the molecule is COCC1CCCN(c2cc(C(=O)OC)c(N)cc2F)C1. The Hall–Kier alpha value is -1.82. The Bertz CT molecular complexity index is 520. The maximum absolute atomic E-state index is 14.2. The van der Waals surface area contributed by atoms with E-state index < -0.39 is 11.8 Å². The van der Waals surface area contributed by atoms with Gasteiger partial charge in [-0.15, -0.1) is 0 Å². The summed E-state index contributed by atoms with van der Waals surface area (Å²) >= 11 is 0. The number of carbonyl (C=O) groups excluding carboxylic acids is 1. The number of rotatable bonds is 4. The molecule has 0 bridgehead atoms. The number of carbonyl (C=O) groups is 1. The third-order valence-electron chi connectivity index (χ3n) is 3.79. The second-order valence-electron chi connectivity index (χ2n) is 5.29. The van der Waals surface area contributed by atoms with Crippen molar-refractivity contribution < 1.29 is 18.7 Å². The highest BCUT2D eigenvalue weighted by Gasteiger charge is 2.24. The van der Waals surface area contributed by atoms with Gasteiger partial charge in [0.1, 0.15) is 5.82 Å². The van der Waals surface area contributed by atoms with E-state index in [4.69, 9.17) is 10.5 Å². The standard InChI is InChI=1S/C15H21FN2O3/c1-20-9-10-4-3-5-18(8-10)14-6-11(15(19)21-2)13(17)7-12(14)16/h6-7,10H,3-5,8-9,17H2,1-2H3. The molecule has 0 aromatic heterocycles. The van der Waals surface area contributed by atoms with Crippen LogP contribution in [0.5, 0.6) is 0 Å². The normalized spacial score (nSPS) is 18.6. The van der Waals surface area contributed by atoms with Gasteiger partial charge in [0, 0.05) is 25.9 Å². The molecule has 0 spiro atoms. The number of benzene rings is 1. The quantitative estimate of drug-likeness (QED) is 0.680. The largest absolute Gasteiger partial charge is 0.465 e. The Morgan fingerprint density at radius 3 is 2.90 bits per heavy atom. The van der Waals surface area contributed by atoms with Crippen LogP contribution in [0.4, 0.5) is 15.8 Å². The van der Waals surface area contributed by atoms with Gasteiger partial charge in [-0.05, 0) is 30.9 Å². The summed E-state index contributed by atoms with van der Waals surface area (Å²) in [6.45, 7) is 2.11. The molecule has 2 N–H and O–H groups in total. The van der Waals surface area contributed by atoms with Gasteiger partial charge in [-0.25, -0.2) is 9.18 Å². The topological polar surface area (TPSA) is 64.8 Å². The van der Waals surface area contributed by atoms with Gasteiger partial charge in [0.2, 0.25) is 0 Å². The van der Waals surface area contributed by atoms with Gasteiger partial charge in [-0.3, -0.25) is 0 Å². The summed E-state index contributed by atoms with van der Waals surface area (Å²) < 4.78 is 24.0. The fraction of sp³-hybridized carbons (Fsp3) is 0.533. The minimum absolute atomic E-state index is 0.0913. The Kier molecular flexibility index (Phi) is 5.01. The van der Waals surface area contributed by atoms with Crippen molar-refractivity contribution in [1.29, 1.82) is 0 Å². The monoisotopic (exact) mass is 296 g/mol. The van der Waals surface area contributed by atoms with Gasteiger partial charge in [0.05, 0.1) is 25.0 Å². The number of nitrogens with two attached hydrogens (primary N) is 1. The average Bonchev–Trinajstić information content (AvgIpc) is 2.47. The summed E-state index contributed by atoms with van der Waals surface area (Å²) in [5.41, 5.74) is 6.37. The van der Waals surface area contributed by atoms with Crippen LogP contribution in [0.15, 0.2) is 12.1 Å². The number of halogens is 1. The van der Waals surface area contributed by atoms with Crippen LogP contribution in [-0.4, -0.2) is 39.9 Å². The lowest BCUT2D eigenvalue weighted by Crippen LogP contribution is -2.37. The van der Waals surface area contributed by atoms with E-state index in [0.29, 0.717) is 24.8 Å². The Balaban J connectivity index is 2.28. The molecular weight excluding hydrogens is 275 g/mol. The molecular formula is C15H21FN2O3. The summed E-state index contributed by atoms with van der Waals surface area (Å²) in [7, 11) is 2.94. The minimum Gasteiger partial charge on any atom is -0.465 e. The third-order valence-corrected chi connectivity index (χ3v) is 3.79. The highest BCUT2D eigenvalue weighted by molar-refractivity contribution is 5.96. The third kappa shape index (κ3) is 3.44. The molecule has 1 aliphatic heterocycles. The molecule has 1 atom stereocenters. The van der Waals surface area contributed by atoms with Gasteiger partial charge < -0.3 is 20.1 Å². The molecule has 21 heavy (non-hydrogen) atoms. The van der Waals surface area contributed by atoms with E-state index in [-0.39, 0.29) is 11.3 Å². The predicted molar refractivity (Wildman–Crippen MR) is 79.0 cm³/mol. The van der Waals surface area contributed by atoms with E-state index in [1.54, 1.807) is 7.11 Å². The zero-order valence-electron chi connectivity index (χ0n) is 12.4. The highest BCUT2D eigenvalue weighted by atomic mass is 19.1. The number of nitrogens with zero attached hydrogens (tertiary/aromatic N) is 1. The number of esters is 1. The molecule has 6 heteroatoms. The van der Waals surface area contributed by atoms with Gasteiger partial charge >= 0.3 is 5.97 Å². The molecule has 0 saturated carbocycles. The first-order valence-electron chi connectivity index (χ1n) is 6.98. The van der Waals surface area contributed by atoms with Crippen LogP contribution in [0.3, 0.4) is 0 Å². The smallest absolute Gasteiger partial charge is 0.340 e. The van der Waals surface area contributed by atoms with Crippen molar-refractivity contribution in [2.75, 3.05) is 44.5 Å². The molecule has 1 saturated heterocycles. The zero-order chi connectivity index (χ0) is 15.4. The van der Waals surface area contributed by atoms with E-state index >= 15 is 0 Å². The Labute approximate surface area is 123 Å². The number of hydrogen-bond donors (Lipinski definition) is 1. The molecule has 0 aliphatic carbocycles. The zero-order valence-corrected chi connectivity index (χ0v) is 12.4. The first-order chi connectivity index (χ1) is 10.1. The molecule has 1 aliphatic rings. The number of anilines is 2. The van der Waals surface area contributed by atoms with Crippen molar-refractivity contribution >= 4 is 17.3 Å². The maximum Gasteiger partial charge on any atom is 0.340 e. The van der Waals surface area contributed by atoms with Gasteiger partial charge in [0.15, 0.2) is 0 Å². The number of ether oxygens (including phenoxy) is 2. The first kappa shape index (κ1) is 15.6. The lowest BCUT2D eigenvalue weighted by Gasteiger charge is -2.34. The lowest BCUT2D eigenvalue weighted by molar-refractivity contribution is 0.0602. The van der Waals surface area contributed by atoms with Crippen LogP contribution in [0, 0.1) is 11.7 Å². The number of methoxy groups -OCH3 is 2. The molecule has 116 valence electrons. The highest BCUT2D eigenvalue weighted by Crippen LogP contribution is 2.29. The van der Waals surface area contributed by atoms with Crippen molar-refractivity contribution in [2.24, 2.45) is 5.92 Å². The molecule has 1 aromatic rings. The van der Waals surface area contributed by atoms with Crippen LogP contribution < -0.4 is 10.6 Å². The minimum atomic E-state index is -0.556. The molecule has 1 unspecified atom stereocenters. The van der Waals surface area contributed by atoms with E-state index in [1.807, 2.05) is 4.90 Å². The molecule has 0 amide bonds. The van der Waals surface area contributed by atoms with Gasteiger partial charge in [0.25, 0.3) is 0 Å². The molecule has 1 heterocycles. The van der Waals surface area contributed by atoms with Crippen molar-refractivity contribution in [1.82, 2.24) is 0 Å². The summed E-state index contributed by atoms with van der Waals surface area (Å²) in [5.74, 6) is -0.611. The summed E-state index contributed by atoms with van der Waals surface area (Å²) in [4.78, 5) is 13.6. The van der Waals surface area contributed by atoms with Crippen molar-refractivity contribution in [3.05, 3.63) is 23.5 Å². The van der Waals surface area contributed by atoms with E-state index in [9.17, 15) is 9.18 Å². The molecule has 2 rings (SSSR count). The van der Waals surface area contributed by atoms with Crippen LogP contribution in [0.1, 0.15) is 23.2 Å². The van der Waals surface area contributed by atoms with E-state index in [1.165, 1.54) is 19.2 Å². The summed E-state index contributed by atoms with van der Waals surface area (Å²) in [5, 5.41) is 0. The van der Waals surface area contributed by atoms with E-state index in [2.05, 4.69) is 4.74 Å². The molecule has 1 aromatic carbocycles. The second-order valence-corrected chi connectivity index (χ2v) is 5.29. The Morgan fingerprint density at radius 2 is 2.24 bits per heavy atom. The lowest BCUT2D eigenvalue weighted by atomic mass is 9.98.